The van der Waals surface area contributed by atoms with Gasteiger partial charge < -0.3 is 5.73 Å². The molecule has 1 aliphatic rings. The first-order valence-electron chi connectivity index (χ1n) is 2.77. The van der Waals surface area contributed by atoms with Crippen LogP contribution < -0.4 is 11.1 Å². The molecule has 5 heteroatoms. The van der Waals surface area contributed by atoms with E-state index in [1.54, 1.807) is 0 Å². The van der Waals surface area contributed by atoms with Crippen LogP contribution in [0.2, 0.25) is 0 Å². The number of hydrogen-bond acceptors (Lipinski definition) is 3. The molecule has 0 radical (unpaired) electrons. The number of carbonyl (C=O) groups is 2. The maximum Gasteiger partial charge on any atom is 0.228 e. The van der Waals surface area contributed by atoms with Crippen LogP contribution in [0.25, 0.3) is 0 Å². The molecule has 1 aliphatic heterocycles. The molecule has 1 heterocycles. The van der Waals surface area contributed by atoms with Crippen LogP contribution in [0.3, 0.4) is 0 Å². The smallest absolute Gasteiger partial charge is 0.228 e. The molecular formula is C5H9BrN2O2. The van der Waals surface area contributed by atoms with Crippen molar-refractivity contribution in [2.45, 2.75) is 18.9 Å². The number of halogens is 1. The fraction of sp³-hybridized carbons (Fsp3) is 0.600. The fourth-order valence-corrected chi connectivity index (χ4v) is 0.806. The lowest BCUT2D eigenvalue weighted by Gasteiger charge is -2.15. The van der Waals surface area contributed by atoms with Crippen LogP contribution in [0, 0.1) is 0 Å². The molecule has 10 heavy (non-hydrogen) atoms. The van der Waals surface area contributed by atoms with E-state index in [0.717, 1.165) is 0 Å². The Bertz CT molecular complexity index is 144. The van der Waals surface area contributed by atoms with E-state index in [4.69, 9.17) is 5.73 Å². The highest BCUT2D eigenvalue weighted by Crippen LogP contribution is 1.99. The lowest BCUT2D eigenvalue weighted by molar-refractivity contribution is -0.133. The topological polar surface area (TPSA) is 72.2 Å². The molecule has 0 unspecified atom stereocenters. The van der Waals surface area contributed by atoms with E-state index in [1.807, 2.05) is 0 Å². The molecule has 0 atom stereocenters. The van der Waals surface area contributed by atoms with Crippen LogP contribution in [-0.2, 0) is 9.59 Å². The number of amides is 2. The SMILES string of the molecule is Br.NC1CC(=O)NC(=O)C1. The Hall–Kier alpha value is -0.420. The maximum absolute atomic E-state index is 10.5. The molecule has 4 nitrogen and oxygen atoms in total. The highest BCUT2D eigenvalue weighted by Gasteiger charge is 2.20. The molecule has 1 fully saturated rings. The van der Waals surface area contributed by atoms with Crippen molar-refractivity contribution in [1.82, 2.24) is 5.32 Å². The maximum atomic E-state index is 10.5. The van der Waals surface area contributed by atoms with Crippen LogP contribution in [0.4, 0.5) is 0 Å². The van der Waals surface area contributed by atoms with E-state index in [0.29, 0.717) is 0 Å². The van der Waals surface area contributed by atoms with Crippen LogP contribution in [-0.4, -0.2) is 17.9 Å². The van der Waals surface area contributed by atoms with Crippen LogP contribution in [0.5, 0.6) is 0 Å². The quantitative estimate of drug-likeness (QED) is 0.519. The van der Waals surface area contributed by atoms with E-state index in [9.17, 15) is 9.59 Å². The zero-order valence-corrected chi connectivity index (χ0v) is 7.01. The lowest BCUT2D eigenvalue weighted by atomic mass is 10.1. The van der Waals surface area contributed by atoms with Gasteiger partial charge in [-0.05, 0) is 0 Å². The number of nitrogens with two attached hydrogens (primary N) is 1. The average Bonchev–Trinajstić information content (AvgIpc) is 1.59. The van der Waals surface area contributed by atoms with Crippen molar-refractivity contribution < 1.29 is 9.59 Å². The molecule has 1 saturated heterocycles. The summed E-state index contributed by atoms with van der Waals surface area (Å²) in [7, 11) is 0. The molecule has 1 rings (SSSR count). The molecule has 3 N–H and O–H groups in total. The van der Waals surface area contributed by atoms with E-state index in [-0.39, 0.29) is 47.7 Å². The Labute approximate surface area is 68.9 Å². The van der Waals surface area contributed by atoms with Crippen LogP contribution >= 0.6 is 17.0 Å². The zero-order chi connectivity index (χ0) is 6.85. The molecule has 58 valence electrons. The molecule has 0 aromatic heterocycles. The molecule has 0 aliphatic carbocycles. The van der Waals surface area contributed by atoms with Crippen molar-refractivity contribution >= 4 is 28.8 Å². The number of imide groups is 1. The van der Waals surface area contributed by atoms with Crippen molar-refractivity contribution in [3.63, 3.8) is 0 Å². The first-order chi connectivity index (χ1) is 4.18. The van der Waals surface area contributed by atoms with Gasteiger partial charge in [0, 0.05) is 18.9 Å². The minimum absolute atomic E-state index is 0. The molecule has 0 aromatic rings. The normalized spacial score (nSPS) is 19.7. The van der Waals surface area contributed by atoms with Gasteiger partial charge in [-0.3, -0.25) is 14.9 Å². The monoisotopic (exact) mass is 208 g/mol. The highest BCUT2D eigenvalue weighted by molar-refractivity contribution is 8.93. The minimum Gasteiger partial charge on any atom is -0.327 e. The van der Waals surface area contributed by atoms with Gasteiger partial charge in [0.05, 0.1) is 0 Å². The van der Waals surface area contributed by atoms with E-state index in [1.165, 1.54) is 0 Å². The Kier molecular flexibility index (Phi) is 3.52. The summed E-state index contributed by atoms with van der Waals surface area (Å²) in [4.78, 5) is 20.9. The molecule has 0 bridgehead atoms. The van der Waals surface area contributed by atoms with E-state index >= 15 is 0 Å². The highest BCUT2D eigenvalue weighted by atomic mass is 79.9. The van der Waals surface area contributed by atoms with Crippen molar-refractivity contribution in [3.05, 3.63) is 0 Å². The van der Waals surface area contributed by atoms with Gasteiger partial charge in [0.2, 0.25) is 11.8 Å². The minimum atomic E-state index is -0.272. The Morgan fingerprint density at radius 1 is 1.30 bits per heavy atom. The second-order valence-corrected chi connectivity index (χ2v) is 2.14. The van der Waals surface area contributed by atoms with Crippen molar-refractivity contribution in [2.24, 2.45) is 5.73 Å². The number of piperidine rings is 1. The van der Waals surface area contributed by atoms with Crippen LogP contribution in [0.15, 0.2) is 0 Å². The molecular weight excluding hydrogens is 200 g/mol. The first kappa shape index (κ1) is 9.58. The Balaban J connectivity index is 0.000000810. The van der Waals surface area contributed by atoms with Gasteiger partial charge in [-0.15, -0.1) is 17.0 Å². The molecule has 0 aromatic carbocycles. The number of hydrogen-bond donors (Lipinski definition) is 2. The van der Waals surface area contributed by atoms with Crippen molar-refractivity contribution in [1.29, 1.82) is 0 Å². The predicted molar refractivity (Wildman–Crippen MR) is 40.7 cm³/mol. The van der Waals surface area contributed by atoms with Crippen molar-refractivity contribution in [3.8, 4) is 0 Å². The van der Waals surface area contributed by atoms with Gasteiger partial charge in [-0.1, -0.05) is 0 Å². The van der Waals surface area contributed by atoms with Gasteiger partial charge in [0.1, 0.15) is 0 Å². The van der Waals surface area contributed by atoms with E-state index in [2.05, 4.69) is 5.32 Å². The zero-order valence-electron chi connectivity index (χ0n) is 5.29. The molecule has 0 saturated carbocycles. The third kappa shape index (κ3) is 2.45. The number of nitrogens with one attached hydrogen (secondary N) is 1. The van der Waals surface area contributed by atoms with Gasteiger partial charge in [-0.2, -0.15) is 0 Å². The number of rotatable bonds is 0. The standard InChI is InChI=1S/C5H8N2O2.BrH/c6-3-1-4(8)7-5(9)2-3;/h3H,1-2,6H2,(H,7,8,9);1H. The summed E-state index contributed by atoms with van der Waals surface area (Å²) >= 11 is 0. The van der Waals surface area contributed by atoms with Crippen LogP contribution in [0.1, 0.15) is 12.8 Å². The van der Waals surface area contributed by atoms with Gasteiger partial charge in [0.15, 0.2) is 0 Å². The molecule has 2 amide bonds. The summed E-state index contributed by atoms with van der Waals surface area (Å²) in [5.41, 5.74) is 5.33. The Morgan fingerprint density at radius 2 is 1.70 bits per heavy atom. The summed E-state index contributed by atoms with van der Waals surface area (Å²) < 4.78 is 0. The second-order valence-electron chi connectivity index (χ2n) is 2.14. The van der Waals surface area contributed by atoms with Crippen molar-refractivity contribution in [2.75, 3.05) is 0 Å². The third-order valence-corrected chi connectivity index (χ3v) is 1.17. The summed E-state index contributed by atoms with van der Waals surface area (Å²) in [6.07, 6.45) is 0.539. The van der Waals surface area contributed by atoms with E-state index < -0.39 is 0 Å². The van der Waals surface area contributed by atoms with Gasteiger partial charge in [0.25, 0.3) is 0 Å². The summed E-state index contributed by atoms with van der Waals surface area (Å²) in [6.45, 7) is 0. The average molecular weight is 209 g/mol. The molecule has 0 spiro atoms. The van der Waals surface area contributed by atoms with Gasteiger partial charge in [-0.25, -0.2) is 0 Å². The Morgan fingerprint density at radius 3 is 2.00 bits per heavy atom. The van der Waals surface area contributed by atoms with Gasteiger partial charge >= 0.3 is 0 Å². The first-order valence-corrected chi connectivity index (χ1v) is 2.77. The summed E-state index contributed by atoms with van der Waals surface area (Å²) in [5, 5.41) is 2.15. The summed E-state index contributed by atoms with van der Waals surface area (Å²) in [5.74, 6) is -0.530. The third-order valence-electron chi connectivity index (χ3n) is 1.17. The second kappa shape index (κ2) is 3.68. The fourth-order valence-electron chi connectivity index (χ4n) is 0.806. The lowest BCUT2D eigenvalue weighted by Crippen LogP contribution is -2.44. The largest absolute Gasteiger partial charge is 0.327 e. The predicted octanol–water partition coefficient (Wildman–Crippen LogP) is -0.672. The number of carbonyl (C=O) groups excluding carboxylic acids is 2. The summed E-state index contributed by atoms with van der Waals surface area (Å²) in [6, 6.07) is -0.272.